The van der Waals surface area contributed by atoms with Gasteiger partial charge in [0.05, 0.1) is 18.9 Å². The van der Waals surface area contributed by atoms with Gasteiger partial charge in [-0.25, -0.2) is 0 Å². The predicted octanol–water partition coefficient (Wildman–Crippen LogP) is 4.17. The number of guanidine groups is 1. The standard InChI is InChI=1S/C24H32N4O4/c1-5-25-24(27-13-8-12-26-23(29)21-16(3)11-14-31-21)28-17(4)20-15-18-9-7-10-19(30-6-2)22(18)32-20/h7,9-11,14-15,17H,5-6,8,12-13H2,1-4H3,(H,26,29)(H2,25,27,28). The molecule has 0 saturated carbocycles. The molecule has 0 aliphatic heterocycles. The molecule has 0 fully saturated rings. The molecule has 2 aromatic heterocycles. The first kappa shape index (κ1) is 23.2. The summed E-state index contributed by atoms with van der Waals surface area (Å²) < 4.78 is 17.0. The Labute approximate surface area is 188 Å². The molecule has 0 bridgehead atoms. The number of para-hydroxylation sites is 1. The van der Waals surface area contributed by atoms with E-state index in [1.807, 2.05) is 52.0 Å². The number of ether oxygens (including phenoxy) is 1. The Morgan fingerprint density at radius 1 is 1.22 bits per heavy atom. The Hall–Kier alpha value is -3.42. The monoisotopic (exact) mass is 440 g/mol. The fraction of sp³-hybridized carbons (Fsp3) is 0.417. The van der Waals surface area contributed by atoms with E-state index in [4.69, 9.17) is 13.6 Å². The zero-order valence-corrected chi connectivity index (χ0v) is 19.2. The number of nitrogens with zero attached hydrogens (tertiary/aromatic N) is 1. The number of fused-ring (bicyclic) bond motifs is 1. The molecule has 172 valence electrons. The van der Waals surface area contributed by atoms with E-state index in [1.54, 1.807) is 6.07 Å². The summed E-state index contributed by atoms with van der Waals surface area (Å²) in [7, 11) is 0. The van der Waals surface area contributed by atoms with Crippen LogP contribution in [0.4, 0.5) is 0 Å². The number of furan rings is 2. The van der Waals surface area contributed by atoms with Gasteiger partial charge in [-0.05, 0) is 52.3 Å². The second-order valence-electron chi connectivity index (χ2n) is 7.43. The van der Waals surface area contributed by atoms with Crippen LogP contribution >= 0.6 is 0 Å². The molecule has 0 radical (unpaired) electrons. The minimum atomic E-state index is -0.202. The van der Waals surface area contributed by atoms with Crippen LogP contribution in [-0.4, -0.2) is 38.1 Å². The zero-order chi connectivity index (χ0) is 22.9. The highest BCUT2D eigenvalue weighted by atomic mass is 16.5. The number of hydrogen-bond acceptors (Lipinski definition) is 5. The highest BCUT2D eigenvalue weighted by Crippen LogP contribution is 2.31. The third-order valence-electron chi connectivity index (χ3n) is 4.91. The fourth-order valence-electron chi connectivity index (χ4n) is 3.29. The summed E-state index contributed by atoms with van der Waals surface area (Å²) in [5.41, 5.74) is 1.58. The van der Waals surface area contributed by atoms with Crippen LogP contribution in [0.2, 0.25) is 0 Å². The average Bonchev–Trinajstić information content (AvgIpc) is 3.40. The van der Waals surface area contributed by atoms with E-state index in [0.717, 1.165) is 34.6 Å². The van der Waals surface area contributed by atoms with E-state index in [2.05, 4.69) is 20.9 Å². The Bertz CT molecular complexity index is 1050. The molecular weight excluding hydrogens is 408 g/mol. The second-order valence-corrected chi connectivity index (χ2v) is 7.43. The minimum absolute atomic E-state index is 0.0868. The highest BCUT2D eigenvalue weighted by molar-refractivity contribution is 5.92. The number of hydrogen-bond donors (Lipinski definition) is 3. The summed E-state index contributed by atoms with van der Waals surface area (Å²) >= 11 is 0. The molecule has 1 amide bonds. The van der Waals surface area contributed by atoms with Gasteiger partial charge in [0.15, 0.2) is 23.1 Å². The summed E-state index contributed by atoms with van der Waals surface area (Å²) in [4.78, 5) is 16.7. The van der Waals surface area contributed by atoms with Gasteiger partial charge >= 0.3 is 0 Å². The van der Waals surface area contributed by atoms with E-state index >= 15 is 0 Å². The highest BCUT2D eigenvalue weighted by Gasteiger charge is 2.15. The summed E-state index contributed by atoms with van der Waals surface area (Å²) in [6.45, 7) is 10.2. The van der Waals surface area contributed by atoms with E-state index in [1.165, 1.54) is 6.26 Å². The maximum absolute atomic E-state index is 12.1. The molecular formula is C24H32N4O4. The minimum Gasteiger partial charge on any atom is -0.490 e. The number of aliphatic imine (C=N–C) groups is 1. The molecule has 0 aliphatic carbocycles. The van der Waals surface area contributed by atoms with Gasteiger partial charge in [0.25, 0.3) is 5.91 Å². The smallest absolute Gasteiger partial charge is 0.287 e. The lowest BCUT2D eigenvalue weighted by Gasteiger charge is -2.16. The van der Waals surface area contributed by atoms with Crippen molar-refractivity contribution >= 4 is 22.8 Å². The Balaban J connectivity index is 1.55. The number of carbonyl (C=O) groups is 1. The maximum Gasteiger partial charge on any atom is 0.287 e. The van der Waals surface area contributed by atoms with Crippen LogP contribution in [0.5, 0.6) is 5.75 Å². The number of carbonyl (C=O) groups excluding carboxylic acids is 1. The van der Waals surface area contributed by atoms with Crippen molar-refractivity contribution in [3.63, 3.8) is 0 Å². The average molecular weight is 441 g/mol. The van der Waals surface area contributed by atoms with Crippen molar-refractivity contribution in [1.82, 2.24) is 16.0 Å². The predicted molar refractivity (Wildman–Crippen MR) is 125 cm³/mol. The molecule has 32 heavy (non-hydrogen) atoms. The summed E-state index contributed by atoms with van der Waals surface area (Å²) in [5, 5.41) is 10.5. The topological polar surface area (TPSA) is 101 Å². The van der Waals surface area contributed by atoms with Gasteiger partial charge in [-0.2, -0.15) is 0 Å². The molecule has 0 saturated heterocycles. The lowest BCUT2D eigenvalue weighted by molar-refractivity contribution is 0.0925. The van der Waals surface area contributed by atoms with Crippen molar-refractivity contribution in [2.24, 2.45) is 4.99 Å². The van der Waals surface area contributed by atoms with Crippen molar-refractivity contribution in [2.45, 2.75) is 40.2 Å². The van der Waals surface area contributed by atoms with E-state index in [0.29, 0.717) is 37.8 Å². The van der Waals surface area contributed by atoms with Crippen LogP contribution in [-0.2, 0) is 0 Å². The third kappa shape index (κ3) is 5.84. The van der Waals surface area contributed by atoms with Gasteiger partial charge in [0.1, 0.15) is 5.76 Å². The molecule has 8 heteroatoms. The maximum atomic E-state index is 12.1. The quantitative estimate of drug-likeness (QED) is 0.249. The summed E-state index contributed by atoms with van der Waals surface area (Å²) in [5.74, 6) is 2.40. The molecule has 3 rings (SSSR count). The summed E-state index contributed by atoms with van der Waals surface area (Å²) in [6.07, 6.45) is 2.22. The number of rotatable bonds is 10. The first-order valence-corrected chi connectivity index (χ1v) is 11.1. The molecule has 1 unspecified atom stereocenters. The zero-order valence-electron chi connectivity index (χ0n) is 19.2. The van der Waals surface area contributed by atoms with Gasteiger partial charge in [-0.15, -0.1) is 0 Å². The molecule has 0 aliphatic rings. The number of benzene rings is 1. The fourth-order valence-corrected chi connectivity index (χ4v) is 3.29. The lowest BCUT2D eigenvalue weighted by atomic mass is 10.2. The normalized spacial score (nSPS) is 12.6. The van der Waals surface area contributed by atoms with Gasteiger partial charge in [-0.1, -0.05) is 12.1 Å². The van der Waals surface area contributed by atoms with Crippen molar-refractivity contribution in [2.75, 3.05) is 26.2 Å². The Kier molecular flexibility index (Phi) is 8.19. The molecule has 3 N–H and O–H groups in total. The van der Waals surface area contributed by atoms with E-state index in [-0.39, 0.29) is 11.9 Å². The molecule has 1 atom stereocenters. The molecule has 3 aromatic rings. The van der Waals surface area contributed by atoms with Crippen LogP contribution in [0.15, 0.2) is 50.4 Å². The number of amides is 1. The van der Waals surface area contributed by atoms with Crippen LogP contribution in [0.1, 0.15) is 55.1 Å². The SMILES string of the molecule is CCNC(=NCCCNC(=O)c1occc1C)NC(C)c1cc2cccc(OCC)c2o1. The third-order valence-corrected chi connectivity index (χ3v) is 4.91. The molecule has 1 aromatic carbocycles. The molecule has 8 nitrogen and oxygen atoms in total. The van der Waals surface area contributed by atoms with E-state index < -0.39 is 0 Å². The Morgan fingerprint density at radius 3 is 2.78 bits per heavy atom. The lowest BCUT2D eigenvalue weighted by Crippen LogP contribution is -2.38. The van der Waals surface area contributed by atoms with Gasteiger partial charge in [0.2, 0.25) is 0 Å². The largest absolute Gasteiger partial charge is 0.490 e. The van der Waals surface area contributed by atoms with Crippen LogP contribution in [0.25, 0.3) is 11.0 Å². The number of aryl methyl sites for hydroxylation is 1. The van der Waals surface area contributed by atoms with E-state index in [9.17, 15) is 4.79 Å². The van der Waals surface area contributed by atoms with Crippen LogP contribution in [0.3, 0.4) is 0 Å². The van der Waals surface area contributed by atoms with Gasteiger partial charge in [-0.3, -0.25) is 9.79 Å². The Morgan fingerprint density at radius 2 is 2.06 bits per heavy atom. The van der Waals surface area contributed by atoms with Crippen molar-refractivity contribution in [3.05, 3.63) is 53.7 Å². The molecule has 2 heterocycles. The van der Waals surface area contributed by atoms with Crippen molar-refractivity contribution in [3.8, 4) is 5.75 Å². The van der Waals surface area contributed by atoms with Gasteiger partial charge in [0, 0.05) is 30.6 Å². The molecule has 0 spiro atoms. The second kappa shape index (κ2) is 11.3. The number of nitrogens with one attached hydrogen (secondary N) is 3. The van der Waals surface area contributed by atoms with Crippen LogP contribution in [0, 0.1) is 6.92 Å². The van der Waals surface area contributed by atoms with Crippen molar-refractivity contribution in [1.29, 1.82) is 0 Å². The van der Waals surface area contributed by atoms with Gasteiger partial charge < -0.3 is 29.5 Å². The first-order chi connectivity index (χ1) is 15.5. The first-order valence-electron chi connectivity index (χ1n) is 11.1. The van der Waals surface area contributed by atoms with Crippen LogP contribution < -0.4 is 20.7 Å². The van der Waals surface area contributed by atoms with Crippen molar-refractivity contribution < 1.29 is 18.4 Å². The summed E-state index contributed by atoms with van der Waals surface area (Å²) in [6, 6.07) is 9.59.